The van der Waals surface area contributed by atoms with Crippen LogP contribution in [0.5, 0.6) is 11.5 Å². The smallest absolute Gasteiger partial charge is 0.422 e. The Morgan fingerprint density at radius 3 is 2.52 bits per heavy atom. The van der Waals surface area contributed by atoms with Gasteiger partial charge in [0.25, 0.3) is 0 Å². The van der Waals surface area contributed by atoms with Crippen molar-refractivity contribution in [1.29, 1.82) is 0 Å². The lowest BCUT2D eigenvalue weighted by Crippen LogP contribution is -2.19. The lowest BCUT2D eigenvalue weighted by Gasteiger charge is -2.11. The summed E-state index contributed by atoms with van der Waals surface area (Å²) in [4.78, 5) is 21.9. The first-order valence-corrected chi connectivity index (χ1v) is 7.47. The lowest BCUT2D eigenvalue weighted by atomic mass is 10.2. The van der Waals surface area contributed by atoms with Crippen LogP contribution >= 0.6 is 0 Å². The molecule has 0 bridgehead atoms. The number of benzene rings is 2. The Morgan fingerprint density at radius 1 is 1.15 bits per heavy atom. The van der Waals surface area contributed by atoms with E-state index in [2.05, 4.69) is 9.47 Å². The quantitative estimate of drug-likeness (QED) is 0.408. The van der Waals surface area contributed by atoms with Crippen molar-refractivity contribution in [1.82, 2.24) is 0 Å². The van der Waals surface area contributed by atoms with Crippen molar-refractivity contribution >= 4 is 11.7 Å². The van der Waals surface area contributed by atoms with Crippen molar-refractivity contribution in [2.75, 3.05) is 13.7 Å². The van der Waals surface area contributed by atoms with E-state index in [0.29, 0.717) is 5.56 Å². The zero-order chi connectivity index (χ0) is 20.0. The van der Waals surface area contributed by atoms with Crippen LogP contribution in [0.15, 0.2) is 42.5 Å². The molecule has 0 unspecified atom stereocenters. The molecule has 27 heavy (non-hydrogen) atoms. The fraction of sp³-hybridized carbons (Fsp3) is 0.235. The largest absolute Gasteiger partial charge is 0.484 e. The molecule has 0 amide bonds. The number of hydrogen-bond acceptors (Lipinski definition) is 6. The number of esters is 1. The average molecular weight is 385 g/mol. The van der Waals surface area contributed by atoms with Gasteiger partial charge in [-0.15, -0.1) is 0 Å². The zero-order valence-electron chi connectivity index (χ0n) is 14.0. The van der Waals surface area contributed by atoms with Gasteiger partial charge in [-0.3, -0.25) is 10.1 Å². The predicted molar refractivity (Wildman–Crippen MR) is 86.8 cm³/mol. The van der Waals surface area contributed by atoms with E-state index in [0.717, 1.165) is 13.2 Å². The normalized spacial score (nSPS) is 11.0. The molecule has 144 valence electrons. The van der Waals surface area contributed by atoms with Gasteiger partial charge in [0.2, 0.25) is 0 Å². The maximum atomic E-state index is 12.2. The molecular weight excluding hydrogens is 371 g/mol. The highest BCUT2D eigenvalue weighted by molar-refractivity contribution is 5.90. The van der Waals surface area contributed by atoms with E-state index >= 15 is 0 Å². The van der Waals surface area contributed by atoms with E-state index < -0.39 is 29.4 Å². The van der Waals surface area contributed by atoms with Gasteiger partial charge in [-0.05, 0) is 29.8 Å². The van der Waals surface area contributed by atoms with E-state index in [-0.39, 0.29) is 23.7 Å². The van der Waals surface area contributed by atoms with Gasteiger partial charge in [0, 0.05) is 6.07 Å². The van der Waals surface area contributed by atoms with Gasteiger partial charge < -0.3 is 14.2 Å². The molecule has 0 spiro atoms. The molecule has 7 nitrogen and oxygen atoms in total. The Kier molecular flexibility index (Phi) is 6.22. The average Bonchev–Trinajstić information content (AvgIpc) is 2.63. The topological polar surface area (TPSA) is 87.9 Å². The summed E-state index contributed by atoms with van der Waals surface area (Å²) in [6.07, 6.45) is -4.46. The number of carbonyl (C=O) groups is 1. The highest BCUT2D eigenvalue weighted by Gasteiger charge is 2.28. The Hall–Kier alpha value is -3.30. The minimum Gasteiger partial charge on any atom is -0.484 e. The Morgan fingerprint density at radius 2 is 1.89 bits per heavy atom. The molecule has 0 saturated heterocycles. The second kappa shape index (κ2) is 8.39. The fourth-order valence-electron chi connectivity index (χ4n) is 2.08. The number of hydrogen-bond donors (Lipinski definition) is 0. The maximum Gasteiger partial charge on any atom is 0.422 e. The summed E-state index contributed by atoms with van der Waals surface area (Å²) >= 11 is 0. The van der Waals surface area contributed by atoms with Crippen molar-refractivity contribution in [2.45, 2.75) is 12.8 Å². The van der Waals surface area contributed by atoms with Crippen molar-refractivity contribution in [3.8, 4) is 11.5 Å². The molecule has 0 N–H and O–H groups in total. The van der Waals surface area contributed by atoms with Gasteiger partial charge in [0.15, 0.2) is 12.4 Å². The number of methoxy groups -OCH3 is 1. The van der Waals surface area contributed by atoms with Crippen LogP contribution in [0.3, 0.4) is 0 Å². The number of alkyl halides is 3. The van der Waals surface area contributed by atoms with Crippen LogP contribution in [0, 0.1) is 10.1 Å². The van der Waals surface area contributed by atoms with Crippen LogP contribution in [0.1, 0.15) is 15.9 Å². The summed E-state index contributed by atoms with van der Waals surface area (Å²) in [5, 5.41) is 11.2. The lowest BCUT2D eigenvalue weighted by molar-refractivity contribution is -0.386. The molecule has 2 rings (SSSR count). The van der Waals surface area contributed by atoms with Crippen LogP contribution in [0.2, 0.25) is 0 Å². The summed E-state index contributed by atoms with van der Waals surface area (Å²) in [7, 11) is 1.15. The number of nitro benzene ring substituents is 1. The fourth-order valence-corrected chi connectivity index (χ4v) is 2.08. The Bertz CT molecular complexity index is 838. The van der Waals surface area contributed by atoms with Crippen LogP contribution in [0.25, 0.3) is 0 Å². The SMILES string of the molecule is COC(=O)c1ccc(OCc2cccc(OCC(F)(F)F)c2)c([N+](=O)[O-])c1. The van der Waals surface area contributed by atoms with Crippen molar-refractivity contribution in [3.05, 3.63) is 63.7 Å². The zero-order valence-corrected chi connectivity index (χ0v) is 14.0. The molecule has 0 aliphatic heterocycles. The van der Waals surface area contributed by atoms with E-state index in [1.165, 1.54) is 30.3 Å². The molecule has 2 aromatic carbocycles. The van der Waals surface area contributed by atoms with Gasteiger partial charge in [0.1, 0.15) is 12.4 Å². The summed E-state index contributed by atoms with van der Waals surface area (Å²) in [5.74, 6) is -0.850. The number of nitro groups is 1. The highest BCUT2D eigenvalue weighted by Crippen LogP contribution is 2.29. The summed E-state index contributed by atoms with van der Waals surface area (Å²) < 4.78 is 51.1. The summed E-state index contributed by atoms with van der Waals surface area (Å²) in [5.41, 5.74) is -0.0116. The van der Waals surface area contributed by atoms with Crippen molar-refractivity contribution in [2.24, 2.45) is 0 Å². The minimum atomic E-state index is -4.46. The molecule has 10 heteroatoms. The summed E-state index contributed by atoms with van der Waals surface area (Å²) in [6, 6.07) is 9.28. The molecule has 0 aliphatic rings. The highest BCUT2D eigenvalue weighted by atomic mass is 19.4. The van der Waals surface area contributed by atoms with Gasteiger partial charge in [0.05, 0.1) is 17.6 Å². The first-order chi connectivity index (χ1) is 12.7. The molecule has 0 aromatic heterocycles. The number of nitrogens with zero attached hydrogens (tertiary/aromatic N) is 1. The first-order valence-electron chi connectivity index (χ1n) is 7.47. The minimum absolute atomic E-state index is 0.0102. The number of ether oxygens (including phenoxy) is 3. The van der Waals surface area contributed by atoms with Gasteiger partial charge in [-0.2, -0.15) is 13.2 Å². The predicted octanol–water partition coefficient (Wildman–Crippen LogP) is 3.90. The standard InChI is InChI=1S/C17H14F3NO6/c1-25-16(22)12-5-6-15(14(8-12)21(23)24)26-9-11-3-2-4-13(7-11)27-10-17(18,19)20/h2-8H,9-10H2,1H3. The monoisotopic (exact) mass is 385 g/mol. The number of carbonyl (C=O) groups excluding carboxylic acids is 1. The second-order valence-corrected chi connectivity index (χ2v) is 5.27. The molecule has 0 heterocycles. The van der Waals surface area contributed by atoms with Crippen LogP contribution < -0.4 is 9.47 Å². The molecule has 0 aliphatic carbocycles. The third-order valence-corrected chi connectivity index (χ3v) is 3.27. The molecule has 0 fully saturated rings. The van der Waals surface area contributed by atoms with E-state index in [1.807, 2.05) is 0 Å². The Labute approximate surface area is 151 Å². The van der Waals surface area contributed by atoms with Crippen molar-refractivity contribution < 1.29 is 37.1 Å². The second-order valence-electron chi connectivity index (χ2n) is 5.27. The molecule has 2 aromatic rings. The van der Waals surface area contributed by atoms with E-state index in [4.69, 9.17) is 4.74 Å². The third-order valence-electron chi connectivity index (χ3n) is 3.27. The van der Waals surface area contributed by atoms with Gasteiger partial charge in [-0.25, -0.2) is 4.79 Å². The van der Waals surface area contributed by atoms with Crippen molar-refractivity contribution in [3.63, 3.8) is 0 Å². The van der Waals surface area contributed by atoms with Gasteiger partial charge in [-0.1, -0.05) is 12.1 Å². The van der Waals surface area contributed by atoms with Crippen LogP contribution in [-0.4, -0.2) is 30.8 Å². The number of rotatable bonds is 7. The summed E-state index contributed by atoms with van der Waals surface area (Å²) in [6.45, 7) is -1.58. The van der Waals surface area contributed by atoms with Crippen LogP contribution in [-0.2, 0) is 11.3 Å². The molecular formula is C17H14F3NO6. The van der Waals surface area contributed by atoms with Gasteiger partial charge >= 0.3 is 17.8 Å². The first kappa shape index (κ1) is 20.0. The Balaban J connectivity index is 2.12. The van der Waals surface area contributed by atoms with Crippen LogP contribution in [0.4, 0.5) is 18.9 Å². The molecule has 0 saturated carbocycles. The third kappa shape index (κ3) is 5.87. The molecule has 0 radical (unpaired) electrons. The maximum absolute atomic E-state index is 12.2. The number of halogens is 3. The van der Waals surface area contributed by atoms with E-state index in [9.17, 15) is 28.1 Å². The molecule has 0 atom stereocenters. The van der Waals surface area contributed by atoms with E-state index in [1.54, 1.807) is 6.07 Å².